The molecule has 1 atom stereocenters. The minimum absolute atomic E-state index is 0.0742. The van der Waals surface area contributed by atoms with Crippen LogP contribution in [0.1, 0.15) is 39.2 Å². The van der Waals surface area contributed by atoms with Gasteiger partial charge >= 0.3 is 6.09 Å². The molecule has 1 saturated carbocycles. The predicted molar refractivity (Wildman–Crippen MR) is 85.7 cm³/mol. The lowest BCUT2D eigenvalue weighted by Gasteiger charge is -2.23. The summed E-state index contributed by atoms with van der Waals surface area (Å²) in [6.45, 7) is 6.23. The maximum atomic E-state index is 13.3. The number of rotatable bonds is 6. The molecule has 0 spiro atoms. The van der Waals surface area contributed by atoms with Crippen molar-refractivity contribution in [3.63, 3.8) is 0 Å². The van der Waals surface area contributed by atoms with Crippen LogP contribution in [0, 0.1) is 11.7 Å². The lowest BCUT2D eigenvalue weighted by atomic mass is 10.1. The van der Waals surface area contributed by atoms with Gasteiger partial charge < -0.3 is 20.5 Å². The van der Waals surface area contributed by atoms with Gasteiger partial charge in [-0.3, -0.25) is 0 Å². The summed E-state index contributed by atoms with van der Waals surface area (Å²) in [6, 6.07) is 4.54. The Morgan fingerprint density at radius 2 is 2.13 bits per heavy atom. The Labute approximate surface area is 136 Å². The summed E-state index contributed by atoms with van der Waals surface area (Å²) in [5, 5.41) is 15.8. The van der Waals surface area contributed by atoms with Crippen molar-refractivity contribution in [3.05, 3.63) is 29.6 Å². The number of nitrogens with one attached hydrogen (secondary N) is 2. The van der Waals surface area contributed by atoms with E-state index >= 15 is 0 Å². The third-order valence-corrected chi connectivity index (χ3v) is 3.68. The summed E-state index contributed by atoms with van der Waals surface area (Å²) in [5.41, 5.74) is -0.0205. The number of halogens is 1. The molecule has 3 N–H and O–H groups in total. The Hall–Kier alpha value is -1.82. The maximum Gasteiger partial charge on any atom is 0.407 e. The molecule has 5 nitrogen and oxygen atoms in total. The largest absolute Gasteiger partial charge is 0.505 e. The Morgan fingerprint density at radius 3 is 2.74 bits per heavy atom. The van der Waals surface area contributed by atoms with E-state index in [0.717, 1.165) is 12.8 Å². The van der Waals surface area contributed by atoms with Crippen molar-refractivity contribution in [2.45, 2.75) is 51.8 Å². The Kier molecular flexibility index (Phi) is 5.46. The van der Waals surface area contributed by atoms with Crippen molar-refractivity contribution in [1.82, 2.24) is 10.6 Å². The van der Waals surface area contributed by atoms with Gasteiger partial charge in [0.05, 0.1) is 0 Å². The van der Waals surface area contributed by atoms with Gasteiger partial charge in [0, 0.05) is 24.7 Å². The summed E-state index contributed by atoms with van der Waals surface area (Å²) in [5.74, 6) is -0.463. The van der Waals surface area contributed by atoms with E-state index in [1.54, 1.807) is 12.1 Å². The number of para-hydroxylation sites is 1. The number of hydrogen-bond donors (Lipinski definition) is 3. The third kappa shape index (κ3) is 5.71. The Balaban J connectivity index is 1.85. The van der Waals surface area contributed by atoms with Crippen molar-refractivity contribution in [2.75, 3.05) is 6.54 Å². The lowest BCUT2D eigenvalue weighted by molar-refractivity contribution is 0.0521. The van der Waals surface area contributed by atoms with Crippen molar-refractivity contribution in [1.29, 1.82) is 0 Å². The molecule has 1 aliphatic carbocycles. The van der Waals surface area contributed by atoms with Gasteiger partial charge in [-0.05, 0) is 45.6 Å². The summed E-state index contributed by atoms with van der Waals surface area (Å²) >= 11 is 0. The second-order valence-corrected chi connectivity index (χ2v) is 6.96. The molecule has 0 radical (unpaired) electrons. The first-order chi connectivity index (χ1) is 10.8. The molecule has 0 aromatic heterocycles. The summed E-state index contributed by atoms with van der Waals surface area (Å²) in [6.07, 6.45) is 1.75. The van der Waals surface area contributed by atoms with Crippen molar-refractivity contribution in [3.8, 4) is 5.75 Å². The van der Waals surface area contributed by atoms with E-state index in [1.807, 2.05) is 20.8 Å². The molecule has 1 fully saturated rings. The number of ether oxygens (including phenoxy) is 1. The second-order valence-electron chi connectivity index (χ2n) is 6.96. The first-order valence-corrected chi connectivity index (χ1v) is 7.93. The number of phenolic OH excluding ortho intramolecular Hbond substituents is 1. The number of carbonyl (C=O) groups is 1. The first-order valence-electron chi connectivity index (χ1n) is 7.93. The summed E-state index contributed by atoms with van der Waals surface area (Å²) in [7, 11) is 0. The van der Waals surface area contributed by atoms with E-state index in [4.69, 9.17) is 4.74 Å². The molecule has 1 amide bonds. The maximum absolute atomic E-state index is 13.3. The minimum Gasteiger partial charge on any atom is -0.505 e. The van der Waals surface area contributed by atoms with Crippen LogP contribution in [0.4, 0.5) is 9.18 Å². The Bertz CT molecular complexity index is 553. The van der Waals surface area contributed by atoms with Crippen molar-refractivity contribution < 1.29 is 19.0 Å². The molecular weight excluding hydrogens is 299 g/mol. The number of alkyl carbamates (subject to hydrolysis) is 1. The molecule has 1 unspecified atom stereocenters. The molecular formula is C17H25FN2O3. The van der Waals surface area contributed by atoms with Gasteiger partial charge in [0.25, 0.3) is 0 Å². The Morgan fingerprint density at radius 1 is 1.43 bits per heavy atom. The van der Waals surface area contributed by atoms with E-state index in [9.17, 15) is 14.3 Å². The van der Waals surface area contributed by atoms with Crippen molar-refractivity contribution in [2.24, 2.45) is 5.92 Å². The lowest BCUT2D eigenvalue weighted by Crippen LogP contribution is -2.43. The van der Waals surface area contributed by atoms with Crippen molar-refractivity contribution >= 4 is 6.09 Å². The average molecular weight is 324 g/mol. The number of phenols is 1. The number of benzene rings is 1. The molecule has 2 rings (SSSR count). The van der Waals surface area contributed by atoms with Crippen LogP contribution in [0.15, 0.2) is 18.2 Å². The minimum atomic E-state index is -0.626. The van der Waals surface area contributed by atoms with Crippen LogP contribution >= 0.6 is 0 Å². The van der Waals surface area contributed by atoms with Crippen LogP contribution in [-0.4, -0.2) is 29.4 Å². The number of aromatic hydroxyl groups is 1. The smallest absolute Gasteiger partial charge is 0.407 e. The molecule has 0 aliphatic heterocycles. The van der Waals surface area contributed by atoms with Crippen LogP contribution in [0.3, 0.4) is 0 Å². The molecule has 0 saturated heterocycles. The fourth-order valence-corrected chi connectivity index (χ4v) is 2.36. The van der Waals surface area contributed by atoms with E-state index in [2.05, 4.69) is 10.6 Å². The zero-order chi connectivity index (χ0) is 17.0. The van der Waals surface area contributed by atoms with Crippen LogP contribution in [0.25, 0.3) is 0 Å². The van der Waals surface area contributed by atoms with Gasteiger partial charge in [-0.1, -0.05) is 12.1 Å². The first kappa shape index (κ1) is 17.5. The monoisotopic (exact) mass is 324 g/mol. The van der Waals surface area contributed by atoms with Gasteiger partial charge in [0.15, 0.2) is 11.6 Å². The van der Waals surface area contributed by atoms with Gasteiger partial charge in [0.1, 0.15) is 5.60 Å². The topological polar surface area (TPSA) is 70.6 Å². The van der Waals surface area contributed by atoms with Gasteiger partial charge in [-0.25, -0.2) is 9.18 Å². The van der Waals surface area contributed by atoms with Gasteiger partial charge in [-0.15, -0.1) is 0 Å². The third-order valence-electron chi connectivity index (χ3n) is 3.68. The van der Waals surface area contributed by atoms with Crippen LogP contribution in [-0.2, 0) is 11.3 Å². The number of carbonyl (C=O) groups excluding carboxylic acids is 1. The normalized spacial score (nSPS) is 16.0. The highest BCUT2D eigenvalue weighted by Gasteiger charge is 2.31. The zero-order valence-electron chi connectivity index (χ0n) is 13.9. The van der Waals surface area contributed by atoms with Gasteiger partial charge in [0.2, 0.25) is 0 Å². The average Bonchev–Trinajstić information content (AvgIpc) is 3.25. The van der Waals surface area contributed by atoms with E-state index < -0.39 is 17.5 Å². The highest BCUT2D eigenvalue weighted by Crippen LogP contribution is 2.33. The number of hydrogen-bond acceptors (Lipinski definition) is 4. The SMILES string of the molecule is CC(C)(C)OC(=O)NCC(NCc1cccc(F)c1O)C1CC1. The second kappa shape index (κ2) is 7.17. The molecule has 1 aromatic rings. The molecule has 128 valence electrons. The molecule has 6 heteroatoms. The zero-order valence-corrected chi connectivity index (χ0v) is 13.9. The van der Waals surface area contributed by atoms with Crippen LogP contribution < -0.4 is 10.6 Å². The quantitative estimate of drug-likeness (QED) is 0.752. The molecule has 0 heterocycles. The molecule has 1 aromatic carbocycles. The van der Waals surface area contributed by atoms with Crippen LogP contribution in [0.5, 0.6) is 5.75 Å². The number of amides is 1. The van der Waals surface area contributed by atoms with E-state index in [0.29, 0.717) is 24.6 Å². The highest BCUT2D eigenvalue weighted by atomic mass is 19.1. The standard InChI is InChI=1S/C17H25FN2O3/c1-17(2,3)23-16(22)20-10-14(11-7-8-11)19-9-12-5-4-6-13(18)15(12)21/h4-6,11,14,19,21H,7-10H2,1-3H3,(H,20,22). The van der Waals surface area contributed by atoms with Crippen LogP contribution in [0.2, 0.25) is 0 Å². The fraction of sp³-hybridized carbons (Fsp3) is 0.588. The summed E-state index contributed by atoms with van der Waals surface area (Å²) in [4.78, 5) is 11.7. The highest BCUT2D eigenvalue weighted by molar-refractivity contribution is 5.67. The fourth-order valence-electron chi connectivity index (χ4n) is 2.36. The summed E-state index contributed by atoms with van der Waals surface area (Å²) < 4.78 is 18.6. The molecule has 1 aliphatic rings. The van der Waals surface area contributed by atoms with E-state index in [1.165, 1.54) is 6.07 Å². The van der Waals surface area contributed by atoms with Gasteiger partial charge in [-0.2, -0.15) is 0 Å². The predicted octanol–water partition coefficient (Wildman–Crippen LogP) is 2.92. The molecule has 0 bridgehead atoms. The van der Waals surface area contributed by atoms with E-state index in [-0.39, 0.29) is 11.8 Å². The molecule has 23 heavy (non-hydrogen) atoms.